The molecule has 0 heteroatoms. The molecule has 0 saturated heterocycles. The van der Waals surface area contributed by atoms with Crippen LogP contribution in [0.5, 0.6) is 0 Å². The van der Waals surface area contributed by atoms with Crippen LogP contribution in [0.3, 0.4) is 0 Å². The Morgan fingerprint density at radius 3 is 2.08 bits per heavy atom. The normalized spacial score (nSPS) is 31.8. The second kappa shape index (κ2) is 4.48. The lowest BCUT2D eigenvalue weighted by Gasteiger charge is -2.26. The molecule has 4 unspecified atom stereocenters. The summed E-state index contributed by atoms with van der Waals surface area (Å²) in [5, 5.41) is 0. The van der Waals surface area contributed by atoms with E-state index in [1.165, 1.54) is 19.3 Å². The Hall–Kier alpha value is 0. The van der Waals surface area contributed by atoms with Crippen molar-refractivity contribution in [1.29, 1.82) is 0 Å². The van der Waals surface area contributed by atoms with Crippen LogP contribution in [0.2, 0.25) is 0 Å². The van der Waals surface area contributed by atoms with Crippen LogP contribution in [0.25, 0.3) is 0 Å². The van der Waals surface area contributed by atoms with E-state index in [-0.39, 0.29) is 0 Å². The molecule has 0 heterocycles. The van der Waals surface area contributed by atoms with E-state index < -0.39 is 0 Å². The van der Waals surface area contributed by atoms with Gasteiger partial charge in [-0.05, 0) is 36.0 Å². The lowest BCUT2D eigenvalue weighted by Crippen LogP contribution is -2.19. The molecule has 1 aliphatic carbocycles. The van der Waals surface area contributed by atoms with Gasteiger partial charge in [0.05, 0.1) is 0 Å². The summed E-state index contributed by atoms with van der Waals surface area (Å²) < 4.78 is 0. The third kappa shape index (κ3) is 2.48. The van der Waals surface area contributed by atoms with Crippen molar-refractivity contribution in [2.45, 2.75) is 53.9 Å². The van der Waals surface area contributed by atoms with Gasteiger partial charge in [-0.2, -0.15) is 0 Å². The van der Waals surface area contributed by atoms with Gasteiger partial charge in [0.1, 0.15) is 0 Å². The van der Waals surface area contributed by atoms with Gasteiger partial charge in [-0.15, -0.1) is 0 Å². The van der Waals surface area contributed by atoms with Crippen molar-refractivity contribution in [3.63, 3.8) is 0 Å². The van der Waals surface area contributed by atoms with Crippen molar-refractivity contribution < 1.29 is 0 Å². The zero-order valence-corrected chi connectivity index (χ0v) is 10.0. The van der Waals surface area contributed by atoms with Gasteiger partial charge in [-0.1, -0.05) is 47.5 Å². The molecule has 4 atom stereocenters. The summed E-state index contributed by atoms with van der Waals surface area (Å²) in [5.41, 5.74) is 0. The molecular weight excluding hydrogens is 156 g/mol. The molecule has 78 valence electrons. The molecule has 1 rings (SSSR count). The maximum atomic E-state index is 2.48. The van der Waals surface area contributed by atoms with Crippen molar-refractivity contribution in [2.24, 2.45) is 29.6 Å². The van der Waals surface area contributed by atoms with Crippen LogP contribution >= 0.6 is 0 Å². The van der Waals surface area contributed by atoms with E-state index in [2.05, 4.69) is 34.6 Å². The Kier molecular flexibility index (Phi) is 3.82. The maximum absolute atomic E-state index is 2.48. The van der Waals surface area contributed by atoms with Crippen LogP contribution in [0.1, 0.15) is 53.9 Å². The van der Waals surface area contributed by atoms with Gasteiger partial charge in [-0.25, -0.2) is 0 Å². The molecule has 0 aromatic carbocycles. The minimum Gasteiger partial charge on any atom is -0.0651 e. The Balaban J connectivity index is 2.41. The number of hydrogen-bond donors (Lipinski definition) is 0. The first-order valence-corrected chi connectivity index (χ1v) is 6.11. The smallest absolute Gasteiger partial charge is 0.0355 e. The molecule has 0 aromatic heterocycles. The van der Waals surface area contributed by atoms with Gasteiger partial charge in [0.25, 0.3) is 0 Å². The van der Waals surface area contributed by atoms with Crippen molar-refractivity contribution >= 4 is 0 Å². The minimum atomic E-state index is 0.873. The van der Waals surface area contributed by atoms with E-state index in [9.17, 15) is 0 Å². The second-order valence-electron chi connectivity index (χ2n) is 5.24. The van der Waals surface area contributed by atoms with E-state index in [0.29, 0.717) is 0 Å². The van der Waals surface area contributed by atoms with Gasteiger partial charge >= 0.3 is 0 Å². The van der Waals surface area contributed by atoms with Gasteiger partial charge < -0.3 is 0 Å². The molecule has 0 aromatic rings. The molecule has 0 nitrogen and oxygen atoms in total. The summed E-state index contributed by atoms with van der Waals surface area (Å²) in [5.74, 6) is 4.94. The Bertz CT molecular complexity index is 148. The number of rotatable bonds is 5. The molecule has 0 aliphatic heterocycles. The van der Waals surface area contributed by atoms with Gasteiger partial charge in [0, 0.05) is 0 Å². The Morgan fingerprint density at radius 2 is 1.77 bits per heavy atom. The van der Waals surface area contributed by atoms with E-state index in [4.69, 9.17) is 0 Å². The predicted octanol–water partition coefficient (Wildman–Crippen LogP) is 4.35. The van der Waals surface area contributed by atoms with Gasteiger partial charge in [0.2, 0.25) is 0 Å². The highest BCUT2D eigenvalue weighted by Gasteiger charge is 2.42. The highest BCUT2D eigenvalue weighted by atomic mass is 14.5. The van der Waals surface area contributed by atoms with E-state index in [0.717, 1.165) is 29.6 Å². The summed E-state index contributed by atoms with van der Waals surface area (Å²) in [6.07, 6.45) is 4.29. The van der Waals surface area contributed by atoms with Gasteiger partial charge in [-0.3, -0.25) is 0 Å². The summed E-state index contributed by atoms with van der Waals surface area (Å²) in [7, 11) is 0. The molecule has 0 N–H and O–H groups in total. The topological polar surface area (TPSA) is 0 Å². The molecule has 0 radical (unpaired) electrons. The summed E-state index contributed by atoms with van der Waals surface area (Å²) in [4.78, 5) is 0. The monoisotopic (exact) mass is 182 g/mol. The molecule has 1 fully saturated rings. The SMILES string of the molecule is CCC1CC1C(C)C(CC)C(C)C. The third-order valence-electron chi connectivity index (χ3n) is 4.18. The zero-order valence-electron chi connectivity index (χ0n) is 10.0. The largest absolute Gasteiger partial charge is 0.0651 e. The van der Waals surface area contributed by atoms with Crippen molar-refractivity contribution in [3.8, 4) is 0 Å². The minimum absolute atomic E-state index is 0.873. The van der Waals surface area contributed by atoms with Crippen molar-refractivity contribution in [2.75, 3.05) is 0 Å². The summed E-state index contributed by atoms with van der Waals surface area (Å²) in [6, 6.07) is 0. The Morgan fingerprint density at radius 1 is 1.15 bits per heavy atom. The number of hydrogen-bond acceptors (Lipinski definition) is 0. The summed E-state index contributed by atoms with van der Waals surface area (Å²) in [6.45, 7) is 11.9. The fraction of sp³-hybridized carbons (Fsp3) is 1.00. The van der Waals surface area contributed by atoms with Crippen molar-refractivity contribution in [1.82, 2.24) is 0 Å². The zero-order chi connectivity index (χ0) is 10.0. The molecule has 0 amide bonds. The van der Waals surface area contributed by atoms with Crippen LogP contribution in [0.4, 0.5) is 0 Å². The molecule has 1 aliphatic rings. The second-order valence-corrected chi connectivity index (χ2v) is 5.24. The first-order valence-electron chi connectivity index (χ1n) is 6.11. The first kappa shape index (κ1) is 11.1. The highest BCUT2D eigenvalue weighted by Crippen LogP contribution is 2.50. The molecule has 0 spiro atoms. The lowest BCUT2D eigenvalue weighted by atomic mass is 9.79. The average molecular weight is 182 g/mol. The standard InChI is InChI=1S/C13H26/c1-6-11-8-13(11)10(5)12(7-2)9(3)4/h9-13H,6-8H2,1-5H3. The van der Waals surface area contributed by atoms with Crippen LogP contribution in [-0.4, -0.2) is 0 Å². The van der Waals surface area contributed by atoms with E-state index >= 15 is 0 Å². The Labute approximate surface area is 84.1 Å². The maximum Gasteiger partial charge on any atom is -0.0355 e. The summed E-state index contributed by atoms with van der Waals surface area (Å²) >= 11 is 0. The highest BCUT2D eigenvalue weighted by molar-refractivity contribution is 4.91. The van der Waals surface area contributed by atoms with Gasteiger partial charge in [0.15, 0.2) is 0 Å². The molecular formula is C13H26. The fourth-order valence-corrected chi connectivity index (χ4v) is 3.15. The van der Waals surface area contributed by atoms with Crippen LogP contribution in [0, 0.1) is 29.6 Å². The lowest BCUT2D eigenvalue weighted by molar-refractivity contribution is 0.229. The van der Waals surface area contributed by atoms with Crippen LogP contribution in [-0.2, 0) is 0 Å². The molecule has 1 saturated carbocycles. The van der Waals surface area contributed by atoms with Crippen LogP contribution < -0.4 is 0 Å². The third-order valence-corrected chi connectivity index (χ3v) is 4.18. The predicted molar refractivity (Wildman–Crippen MR) is 59.7 cm³/mol. The van der Waals surface area contributed by atoms with Crippen molar-refractivity contribution in [3.05, 3.63) is 0 Å². The quantitative estimate of drug-likeness (QED) is 0.593. The molecule has 13 heavy (non-hydrogen) atoms. The average Bonchev–Trinajstić information content (AvgIpc) is 2.83. The fourth-order valence-electron chi connectivity index (χ4n) is 3.15. The molecule has 0 bridgehead atoms. The first-order chi connectivity index (χ1) is 6.11. The van der Waals surface area contributed by atoms with E-state index in [1.807, 2.05) is 0 Å². The van der Waals surface area contributed by atoms with Crippen LogP contribution in [0.15, 0.2) is 0 Å². The van der Waals surface area contributed by atoms with E-state index in [1.54, 1.807) is 0 Å².